The van der Waals surface area contributed by atoms with Gasteiger partial charge in [-0.1, -0.05) is 77.4 Å². The van der Waals surface area contributed by atoms with Crippen molar-refractivity contribution in [1.82, 2.24) is 25.3 Å². The summed E-state index contributed by atoms with van der Waals surface area (Å²) in [5.74, 6) is -5.39. The Bertz CT molecular complexity index is 1520. The van der Waals surface area contributed by atoms with Gasteiger partial charge >= 0.3 is 5.97 Å². The van der Waals surface area contributed by atoms with Crippen LogP contribution in [0.5, 0.6) is 0 Å². The highest BCUT2D eigenvalue weighted by atomic mass is 16.5. The minimum atomic E-state index is -1.48. The molecule has 1 aliphatic rings. The number of carbonyl (C=O) groups excluding carboxylic acids is 7. The van der Waals surface area contributed by atoms with Crippen molar-refractivity contribution in [2.75, 3.05) is 20.6 Å². The number of esters is 1. The molecule has 14 nitrogen and oxygen atoms in total. The monoisotopic (exact) mass is 740 g/mol. The third-order valence-corrected chi connectivity index (χ3v) is 9.58. The van der Waals surface area contributed by atoms with E-state index < -0.39 is 84.3 Å². The van der Waals surface area contributed by atoms with Crippen LogP contribution in [0.15, 0.2) is 42.0 Å². The van der Waals surface area contributed by atoms with Crippen LogP contribution in [0, 0.1) is 11.3 Å². The molecule has 1 fully saturated rings. The van der Waals surface area contributed by atoms with Crippen LogP contribution in [0.2, 0.25) is 0 Å². The van der Waals surface area contributed by atoms with E-state index in [0.29, 0.717) is 18.4 Å². The number of hydrogen-bond donors (Lipinski definition) is 2. The SMILES string of the molecule is CCC(C)[C@H](NC(=O)CN(C)C(=O)[C@@H](Cc1ccccc1)N(C)C(=O)[C@H](C)N1C(=O)[C@H](OC(=O)/C(C)=C/CC(C)(C)C)CC1C)C(=O)N[C@H](C)C(=O)[O-]. The fraction of sp³-hybridized carbons (Fsp3) is 0.615. The molecule has 0 saturated carbocycles. The van der Waals surface area contributed by atoms with Crippen molar-refractivity contribution in [1.29, 1.82) is 0 Å². The summed E-state index contributed by atoms with van der Waals surface area (Å²) in [5.41, 5.74) is 1.11. The van der Waals surface area contributed by atoms with Crippen LogP contribution in [-0.2, 0) is 44.7 Å². The van der Waals surface area contributed by atoms with Gasteiger partial charge in [-0.05, 0) is 51.0 Å². The standard InChI is InChI=1S/C39H59N5O9/c1-12-23(2)32(33(46)40-26(5)37(50)51)41-31(45)22-42(10)35(48)29(21-28-16-14-13-15-17-28)43(11)34(47)27(6)44-25(4)20-30(36(44)49)53-38(52)24(3)18-19-39(7,8)9/h13-18,23,25-27,29-30,32H,12,19-22H2,1-11H3,(H,40,46)(H,41,45)(H,50,51)/p-1/b24-18+/t23?,25?,26-,27+,29-,30-,32+/m1/s1. The topological polar surface area (TPSA) is 186 Å². The van der Waals surface area contributed by atoms with E-state index in [9.17, 15) is 38.7 Å². The molecule has 2 unspecified atom stereocenters. The zero-order valence-electron chi connectivity index (χ0n) is 33.1. The van der Waals surface area contributed by atoms with Gasteiger partial charge in [0, 0.05) is 38.6 Å². The van der Waals surface area contributed by atoms with E-state index in [2.05, 4.69) is 10.6 Å². The number of carboxylic acid groups (broad SMARTS) is 1. The molecule has 53 heavy (non-hydrogen) atoms. The molecule has 0 radical (unpaired) electrons. The van der Waals surface area contributed by atoms with Crippen molar-refractivity contribution in [3.05, 3.63) is 47.5 Å². The third kappa shape index (κ3) is 12.7. The quantitative estimate of drug-likeness (QED) is 0.177. The number of carboxylic acids is 1. The summed E-state index contributed by atoms with van der Waals surface area (Å²) in [5, 5.41) is 16.1. The van der Waals surface area contributed by atoms with Crippen molar-refractivity contribution < 1.29 is 43.4 Å². The van der Waals surface area contributed by atoms with Gasteiger partial charge in [-0.15, -0.1) is 0 Å². The molecule has 2 rings (SSSR count). The zero-order chi connectivity index (χ0) is 40.4. The van der Waals surface area contributed by atoms with Crippen LogP contribution in [0.3, 0.4) is 0 Å². The minimum Gasteiger partial charge on any atom is -0.548 e. The first kappa shape index (κ1) is 44.4. The average Bonchev–Trinajstić information content (AvgIpc) is 3.37. The van der Waals surface area contributed by atoms with Gasteiger partial charge in [0.15, 0.2) is 6.10 Å². The molecule has 1 saturated heterocycles. The van der Waals surface area contributed by atoms with Crippen LogP contribution in [0.25, 0.3) is 0 Å². The highest BCUT2D eigenvalue weighted by Crippen LogP contribution is 2.27. The third-order valence-electron chi connectivity index (χ3n) is 9.58. The van der Waals surface area contributed by atoms with E-state index in [4.69, 9.17) is 4.74 Å². The molecule has 1 aromatic carbocycles. The number of rotatable bonds is 17. The number of amides is 5. The number of nitrogens with zero attached hydrogens (tertiary/aromatic N) is 3. The van der Waals surface area contributed by atoms with Gasteiger partial charge < -0.3 is 40.0 Å². The van der Waals surface area contributed by atoms with Crippen LogP contribution >= 0.6 is 0 Å². The van der Waals surface area contributed by atoms with E-state index in [1.807, 2.05) is 33.8 Å². The Morgan fingerprint density at radius 2 is 1.62 bits per heavy atom. The second-order valence-electron chi connectivity index (χ2n) is 15.4. The summed E-state index contributed by atoms with van der Waals surface area (Å²) in [6, 6.07) is 4.13. The maximum absolute atomic E-state index is 14.1. The first-order chi connectivity index (χ1) is 24.6. The van der Waals surface area contributed by atoms with E-state index >= 15 is 0 Å². The number of ether oxygens (including phenoxy) is 1. The van der Waals surface area contributed by atoms with E-state index in [0.717, 1.165) is 10.5 Å². The van der Waals surface area contributed by atoms with E-state index in [1.54, 1.807) is 58.0 Å². The van der Waals surface area contributed by atoms with Crippen molar-refractivity contribution in [2.45, 2.75) is 124 Å². The zero-order valence-corrected chi connectivity index (χ0v) is 33.1. The molecule has 14 heteroatoms. The molecular weight excluding hydrogens is 682 g/mol. The van der Waals surface area contributed by atoms with Crippen LogP contribution < -0.4 is 15.7 Å². The molecule has 2 N–H and O–H groups in total. The number of likely N-dealkylation sites (tertiary alicyclic amines) is 1. The molecule has 294 valence electrons. The van der Waals surface area contributed by atoms with Gasteiger partial charge in [0.05, 0.1) is 18.6 Å². The minimum absolute atomic E-state index is 0.0327. The molecule has 0 spiro atoms. The second kappa shape index (κ2) is 19.4. The van der Waals surface area contributed by atoms with Gasteiger partial charge in [-0.25, -0.2) is 4.79 Å². The lowest BCUT2D eigenvalue weighted by Crippen LogP contribution is -2.58. The van der Waals surface area contributed by atoms with Gasteiger partial charge in [0.25, 0.3) is 5.91 Å². The number of likely N-dealkylation sites (N-methyl/N-ethyl adjacent to an activating group) is 2. The van der Waals surface area contributed by atoms with E-state index in [-0.39, 0.29) is 24.2 Å². The molecule has 5 amide bonds. The number of benzene rings is 1. The lowest BCUT2D eigenvalue weighted by atomic mass is 9.91. The fourth-order valence-corrected chi connectivity index (χ4v) is 5.97. The number of nitrogens with one attached hydrogen (secondary N) is 2. The molecule has 0 bridgehead atoms. The number of carbonyl (C=O) groups is 7. The lowest BCUT2D eigenvalue weighted by molar-refractivity contribution is -0.307. The Morgan fingerprint density at radius 1 is 1.02 bits per heavy atom. The van der Waals surface area contributed by atoms with E-state index in [1.165, 1.54) is 30.8 Å². The summed E-state index contributed by atoms with van der Waals surface area (Å²) in [6.07, 6.45) is 2.17. The van der Waals surface area contributed by atoms with Crippen LogP contribution in [-0.4, -0.2) is 113 Å². The van der Waals surface area contributed by atoms with Gasteiger partial charge in [0.2, 0.25) is 23.6 Å². The van der Waals surface area contributed by atoms with Crippen molar-refractivity contribution in [2.24, 2.45) is 11.3 Å². The van der Waals surface area contributed by atoms with Crippen molar-refractivity contribution in [3.8, 4) is 0 Å². The normalized spacial score (nSPS) is 19.0. The first-order valence-electron chi connectivity index (χ1n) is 18.2. The highest BCUT2D eigenvalue weighted by Gasteiger charge is 2.45. The Balaban J connectivity index is 2.25. The van der Waals surface area contributed by atoms with Crippen LogP contribution in [0.4, 0.5) is 0 Å². The average molecular weight is 741 g/mol. The van der Waals surface area contributed by atoms with Crippen molar-refractivity contribution >= 4 is 41.5 Å². The molecule has 1 aliphatic heterocycles. The summed E-state index contributed by atoms with van der Waals surface area (Å²) >= 11 is 0. The van der Waals surface area contributed by atoms with Gasteiger partial charge in [0.1, 0.15) is 18.1 Å². The molecule has 0 aromatic heterocycles. The predicted octanol–water partition coefficient (Wildman–Crippen LogP) is 1.60. The maximum Gasteiger partial charge on any atom is 0.334 e. The Hall–Kier alpha value is -4.75. The summed E-state index contributed by atoms with van der Waals surface area (Å²) in [7, 11) is 2.87. The number of aliphatic carboxylic acids is 1. The largest absolute Gasteiger partial charge is 0.548 e. The molecule has 1 aromatic rings. The second-order valence-corrected chi connectivity index (χ2v) is 15.4. The Morgan fingerprint density at radius 3 is 2.17 bits per heavy atom. The summed E-state index contributed by atoms with van der Waals surface area (Å²) < 4.78 is 5.59. The smallest absolute Gasteiger partial charge is 0.334 e. The number of allylic oxidation sites excluding steroid dienone is 1. The predicted molar refractivity (Wildman–Crippen MR) is 196 cm³/mol. The van der Waals surface area contributed by atoms with Crippen molar-refractivity contribution in [3.63, 3.8) is 0 Å². The Labute approximate surface area is 313 Å². The fourth-order valence-electron chi connectivity index (χ4n) is 5.97. The number of hydrogen-bond acceptors (Lipinski definition) is 9. The molecule has 7 atom stereocenters. The summed E-state index contributed by atoms with van der Waals surface area (Å²) in [4.78, 5) is 95.5. The van der Waals surface area contributed by atoms with Gasteiger partial charge in [-0.2, -0.15) is 0 Å². The molecule has 1 heterocycles. The van der Waals surface area contributed by atoms with Gasteiger partial charge in [-0.3, -0.25) is 24.0 Å². The molecular formula is C39H58N5O9-. The summed E-state index contributed by atoms with van der Waals surface area (Å²) in [6.45, 7) is 15.4. The Kier molecular flexibility index (Phi) is 16.2. The molecule has 0 aliphatic carbocycles. The first-order valence-corrected chi connectivity index (χ1v) is 18.2. The highest BCUT2D eigenvalue weighted by molar-refractivity contribution is 5.96. The lowest BCUT2D eigenvalue weighted by Gasteiger charge is -2.36. The van der Waals surface area contributed by atoms with Crippen LogP contribution in [0.1, 0.15) is 87.1 Å². The maximum atomic E-state index is 14.1.